The summed E-state index contributed by atoms with van der Waals surface area (Å²) in [7, 11) is 1.84. The number of hydrogen-bond donors (Lipinski definition) is 1. The van der Waals surface area contributed by atoms with Gasteiger partial charge in [0.1, 0.15) is 17.5 Å². The van der Waals surface area contributed by atoms with Gasteiger partial charge in [0.15, 0.2) is 0 Å². The van der Waals surface area contributed by atoms with E-state index in [0.717, 1.165) is 23.6 Å². The Labute approximate surface area is 130 Å². The van der Waals surface area contributed by atoms with Crippen LogP contribution in [0.3, 0.4) is 0 Å². The predicted octanol–water partition coefficient (Wildman–Crippen LogP) is 3.21. The first-order chi connectivity index (χ1) is 10.1. The third-order valence-corrected chi connectivity index (χ3v) is 4.25. The Balaban J connectivity index is 1.69. The lowest BCUT2D eigenvalue weighted by molar-refractivity contribution is 0.301. The number of hydrogen-bond acceptors (Lipinski definition) is 3. The van der Waals surface area contributed by atoms with Gasteiger partial charge in [-0.1, -0.05) is 29.8 Å². The van der Waals surface area contributed by atoms with Gasteiger partial charge in [0.05, 0.1) is 5.69 Å². The zero-order valence-electron chi connectivity index (χ0n) is 12.4. The highest BCUT2D eigenvalue weighted by Crippen LogP contribution is 2.25. The van der Waals surface area contributed by atoms with E-state index in [-0.39, 0.29) is 0 Å². The summed E-state index contributed by atoms with van der Waals surface area (Å²) in [6.45, 7) is 3.24. The second-order valence-electron chi connectivity index (χ2n) is 5.53. The first-order valence-electron chi connectivity index (χ1n) is 7.27. The van der Waals surface area contributed by atoms with E-state index in [1.165, 1.54) is 18.4 Å². The average Bonchev–Trinajstić information content (AvgIpc) is 3.26. The van der Waals surface area contributed by atoms with E-state index in [4.69, 9.17) is 16.3 Å². The van der Waals surface area contributed by atoms with Gasteiger partial charge in [0.2, 0.25) is 0 Å². The summed E-state index contributed by atoms with van der Waals surface area (Å²) in [5, 5.41) is 8.46. The highest BCUT2D eigenvalue weighted by Gasteiger charge is 2.20. The number of halogens is 1. The van der Waals surface area contributed by atoms with E-state index >= 15 is 0 Å². The number of aromatic nitrogens is 2. The molecule has 0 aliphatic heterocycles. The van der Waals surface area contributed by atoms with Gasteiger partial charge < -0.3 is 10.1 Å². The molecular formula is C16H20ClN3O. The molecule has 0 amide bonds. The molecule has 1 aromatic carbocycles. The van der Waals surface area contributed by atoms with Gasteiger partial charge in [-0.15, -0.1) is 0 Å². The second kappa shape index (κ2) is 6.08. The first kappa shape index (κ1) is 14.4. The Hall–Kier alpha value is -1.52. The van der Waals surface area contributed by atoms with Gasteiger partial charge in [-0.25, -0.2) is 0 Å². The summed E-state index contributed by atoms with van der Waals surface area (Å²) >= 11 is 6.24. The summed E-state index contributed by atoms with van der Waals surface area (Å²) < 4.78 is 7.65. The standard InChI is InChI=1S/C16H20ClN3O/c1-11-14(16(17)20(2)19-11)10-21-15-6-4-3-5-12(15)9-18-13-7-8-13/h3-6,13,18H,7-10H2,1-2H3. The molecule has 0 radical (unpaired) electrons. The molecule has 5 heteroatoms. The summed E-state index contributed by atoms with van der Waals surface area (Å²) in [5.74, 6) is 0.907. The fourth-order valence-corrected chi connectivity index (χ4v) is 2.55. The van der Waals surface area contributed by atoms with Crippen molar-refractivity contribution in [2.75, 3.05) is 0 Å². The van der Waals surface area contributed by atoms with Gasteiger partial charge in [-0.05, 0) is 25.8 Å². The van der Waals surface area contributed by atoms with E-state index in [2.05, 4.69) is 16.5 Å². The van der Waals surface area contributed by atoms with E-state index in [9.17, 15) is 0 Å². The topological polar surface area (TPSA) is 39.1 Å². The van der Waals surface area contributed by atoms with Crippen LogP contribution in [-0.2, 0) is 20.2 Å². The van der Waals surface area contributed by atoms with Crippen molar-refractivity contribution < 1.29 is 4.74 Å². The number of nitrogens with one attached hydrogen (secondary N) is 1. The molecule has 2 aromatic rings. The fraction of sp³-hybridized carbons (Fsp3) is 0.438. The lowest BCUT2D eigenvalue weighted by Crippen LogP contribution is -2.16. The molecule has 0 unspecified atom stereocenters. The van der Waals surface area contributed by atoms with Crippen LogP contribution in [0.5, 0.6) is 5.75 Å². The van der Waals surface area contributed by atoms with Gasteiger partial charge in [-0.3, -0.25) is 4.68 Å². The lowest BCUT2D eigenvalue weighted by atomic mass is 10.2. The highest BCUT2D eigenvalue weighted by atomic mass is 35.5. The summed E-state index contributed by atoms with van der Waals surface area (Å²) in [6.07, 6.45) is 2.57. The average molecular weight is 306 g/mol. The highest BCUT2D eigenvalue weighted by molar-refractivity contribution is 6.30. The minimum absolute atomic E-state index is 0.443. The normalized spacial score (nSPS) is 14.4. The van der Waals surface area contributed by atoms with Crippen LogP contribution in [0.2, 0.25) is 5.15 Å². The van der Waals surface area contributed by atoms with Gasteiger partial charge in [0.25, 0.3) is 0 Å². The number of benzene rings is 1. The number of aryl methyl sites for hydroxylation is 2. The Bertz CT molecular complexity index is 634. The molecule has 21 heavy (non-hydrogen) atoms. The van der Waals surface area contributed by atoms with Crippen molar-refractivity contribution in [3.8, 4) is 5.75 Å². The van der Waals surface area contributed by atoms with Crippen LogP contribution < -0.4 is 10.1 Å². The summed E-state index contributed by atoms with van der Waals surface area (Å²) in [4.78, 5) is 0. The molecule has 1 fully saturated rings. The monoisotopic (exact) mass is 305 g/mol. The van der Waals surface area contributed by atoms with E-state index in [1.807, 2.05) is 32.2 Å². The molecule has 1 N–H and O–H groups in total. The molecule has 1 heterocycles. The van der Waals surface area contributed by atoms with Crippen LogP contribution in [0.1, 0.15) is 29.7 Å². The van der Waals surface area contributed by atoms with E-state index in [1.54, 1.807) is 4.68 Å². The number of nitrogens with zero attached hydrogens (tertiary/aromatic N) is 2. The van der Waals surface area contributed by atoms with Crippen molar-refractivity contribution >= 4 is 11.6 Å². The molecule has 112 valence electrons. The fourth-order valence-electron chi connectivity index (χ4n) is 2.32. The molecular weight excluding hydrogens is 286 g/mol. The van der Waals surface area contributed by atoms with E-state index < -0.39 is 0 Å². The molecule has 1 saturated carbocycles. The van der Waals surface area contributed by atoms with Crippen molar-refractivity contribution in [2.24, 2.45) is 7.05 Å². The van der Waals surface area contributed by atoms with Crippen LogP contribution in [0.25, 0.3) is 0 Å². The SMILES string of the molecule is Cc1nn(C)c(Cl)c1COc1ccccc1CNC1CC1. The van der Waals surface area contributed by atoms with Crippen molar-refractivity contribution in [3.63, 3.8) is 0 Å². The van der Waals surface area contributed by atoms with Crippen molar-refractivity contribution in [2.45, 2.75) is 39.0 Å². The van der Waals surface area contributed by atoms with Crippen LogP contribution >= 0.6 is 11.6 Å². The molecule has 0 atom stereocenters. The smallest absolute Gasteiger partial charge is 0.133 e. The maximum absolute atomic E-state index is 6.24. The van der Waals surface area contributed by atoms with Gasteiger partial charge in [0, 0.05) is 30.8 Å². The first-order valence-corrected chi connectivity index (χ1v) is 7.65. The Morgan fingerprint density at radius 1 is 1.38 bits per heavy atom. The lowest BCUT2D eigenvalue weighted by Gasteiger charge is -2.12. The zero-order valence-corrected chi connectivity index (χ0v) is 13.2. The van der Waals surface area contributed by atoms with Crippen LogP contribution in [0.15, 0.2) is 24.3 Å². The second-order valence-corrected chi connectivity index (χ2v) is 5.89. The molecule has 4 nitrogen and oxygen atoms in total. The van der Waals surface area contributed by atoms with Crippen LogP contribution in [0, 0.1) is 6.92 Å². The Kier molecular flexibility index (Phi) is 4.17. The molecule has 3 rings (SSSR count). The number of ether oxygens (including phenoxy) is 1. The zero-order chi connectivity index (χ0) is 14.8. The maximum atomic E-state index is 6.24. The van der Waals surface area contributed by atoms with Crippen molar-refractivity contribution in [3.05, 3.63) is 46.2 Å². The molecule has 1 aliphatic rings. The Morgan fingerprint density at radius 2 is 2.14 bits per heavy atom. The molecule has 1 aliphatic carbocycles. The third-order valence-electron chi connectivity index (χ3n) is 3.77. The summed E-state index contributed by atoms with van der Waals surface area (Å²) in [6, 6.07) is 8.83. The quantitative estimate of drug-likeness (QED) is 0.890. The number of rotatable bonds is 6. The maximum Gasteiger partial charge on any atom is 0.133 e. The molecule has 0 bridgehead atoms. The molecule has 0 spiro atoms. The predicted molar refractivity (Wildman–Crippen MR) is 83.6 cm³/mol. The van der Waals surface area contributed by atoms with E-state index in [0.29, 0.717) is 17.8 Å². The van der Waals surface area contributed by atoms with Crippen molar-refractivity contribution in [1.82, 2.24) is 15.1 Å². The number of para-hydroxylation sites is 1. The molecule has 0 saturated heterocycles. The van der Waals surface area contributed by atoms with Gasteiger partial charge >= 0.3 is 0 Å². The minimum atomic E-state index is 0.443. The van der Waals surface area contributed by atoms with Crippen molar-refractivity contribution in [1.29, 1.82) is 0 Å². The largest absolute Gasteiger partial charge is 0.488 e. The molecule has 1 aromatic heterocycles. The summed E-state index contributed by atoms with van der Waals surface area (Å²) in [5.41, 5.74) is 3.04. The third kappa shape index (κ3) is 3.39. The van der Waals surface area contributed by atoms with Crippen LogP contribution in [-0.4, -0.2) is 15.8 Å². The van der Waals surface area contributed by atoms with Gasteiger partial charge in [-0.2, -0.15) is 5.10 Å². The Morgan fingerprint density at radius 3 is 2.81 bits per heavy atom. The minimum Gasteiger partial charge on any atom is -0.488 e. The van der Waals surface area contributed by atoms with Crippen LogP contribution in [0.4, 0.5) is 0 Å².